The van der Waals surface area contributed by atoms with Crippen LogP contribution in [-0.2, 0) is 4.79 Å². The summed E-state index contributed by atoms with van der Waals surface area (Å²) in [7, 11) is 0. The lowest BCUT2D eigenvalue weighted by atomic mass is 10.1. The van der Waals surface area contributed by atoms with E-state index in [1.54, 1.807) is 30.4 Å². The number of hydrogen-bond donors (Lipinski definition) is 2. The maximum Gasteiger partial charge on any atom is 0.223 e. The minimum atomic E-state index is -1.10. The maximum absolute atomic E-state index is 13.5. The monoisotopic (exact) mass is 317 g/mol. The van der Waals surface area contributed by atoms with Gasteiger partial charge in [0, 0.05) is 18.5 Å². The molecule has 0 aliphatic carbocycles. The summed E-state index contributed by atoms with van der Waals surface area (Å²) >= 11 is 0. The Balaban J connectivity index is 1.80. The molecule has 120 valence electrons. The Morgan fingerprint density at radius 3 is 2.70 bits per heavy atom. The van der Waals surface area contributed by atoms with Crippen LogP contribution in [0.4, 0.5) is 8.78 Å². The van der Waals surface area contributed by atoms with Crippen molar-refractivity contribution in [3.8, 4) is 0 Å². The van der Waals surface area contributed by atoms with Crippen molar-refractivity contribution in [2.24, 2.45) is 0 Å². The SMILES string of the molecule is O=C(C/C=C/c1cccc(F)c1)NCC(O)c1ccccc1F. The van der Waals surface area contributed by atoms with Crippen LogP contribution in [0.3, 0.4) is 0 Å². The molecule has 0 fully saturated rings. The summed E-state index contributed by atoms with van der Waals surface area (Å²) < 4.78 is 26.5. The quantitative estimate of drug-likeness (QED) is 0.859. The van der Waals surface area contributed by atoms with Crippen LogP contribution in [0.1, 0.15) is 23.7 Å². The largest absolute Gasteiger partial charge is 0.386 e. The Bertz CT molecular complexity index is 701. The number of carbonyl (C=O) groups is 1. The van der Waals surface area contributed by atoms with E-state index in [2.05, 4.69) is 5.32 Å². The van der Waals surface area contributed by atoms with Crippen LogP contribution in [0.15, 0.2) is 54.6 Å². The van der Waals surface area contributed by atoms with E-state index in [-0.39, 0.29) is 30.3 Å². The Morgan fingerprint density at radius 2 is 1.96 bits per heavy atom. The molecule has 5 heteroatoms. The molecule has 0 aliphatic rings. The van der Waals surface area contributed by atoms with E-state index in [4.69, 9.17) is 0 Å². The number of rotatable bonds is 6. The van der Waals surface area contributed by atoms with Crippen LogP contribution >= 0.6 is 0 Å². The summed E-state index contributed by atoms with van der Waals surface area (Å²) in [6.07, 6.45) is 2.21. The van der Waals surface area contributed by atoms with Crippen molar-refractivity contribution in [3.05, 3.63) is 77.4 Å². The Hall–Kier alpha value is -2.53. The fourth-order valence-electron chi connectivity index (χ4n) is 2.05. The molecule has 2 aromatic carbocycles. The van der Waals surface area contributed by atoms with Crippen LogP contribution < -0.4 is 5.32 Å². The first-order valence-corrected chi connectivity index (χ1v) is 7.17. The molecule has 23 heavy (non-hydrogen) atoms. The third-order valence-electron chi connectivity index (χ3n) is 3.22. The van der Waals surface area contributed by atoms with Crippen LogP contribution in [0.2, 0.25) is 0 Å². The molecule has 0 radical (unpaired) electrons. The van der Waals surface area contributed by atoms with Gasteiger partial charge in [-0.3, -0.25) is 4.79 Å². The lowest BCUT2D eigenvalue weighted by Crippen LogP contribution is -2.28. The zero-order valence-electron chi connectivity index (χ0n) is 12.4. The molecule has 1 unspecified atom stereocenters. The Kier molecular flexibility index (Phi) is 6.00. The summed E-state index contributed by atoms with van der Waals surface area (Å²) in [5.74, 6) is -1.17. The third kappa shape index (κ3) is 5.30. The number of hydrogen-bond acceptors (Lipinski definition) is 2. The van der Waals surface area contributed by atoms with Gasteiger partial charge >= 0.3 is 0 Å². The van der Waals surface area contributed by atoms with E-state index in [0.29, 0.717) is 5.56 Å². The molecule has 0 heterocycles. The molecule has 0 spiro atoms. The third-order valence-corrected chi connectivity index (χ3v) is 3.22. The van der Waals surface area contributed by atoms with Crippen LogP contribution in [0.5, 0.6) is 0 Å². The average Bonchev–Trinajstić information content (AvgIpc) is 2.53. The van der Waals surface area contributed by atoms with Crippen molar-refractivity contribution in [2.45, 2.75) is 12.5 Å². The summed E-state index contributed by atoms with van der Waals surface area (Å²) in [6, 6.07) is 11.9. The molecule has 0 saturated heterocycles. The van der Waals surface area contributed by atoms with E-state index < -0.39 is 11.9 Å². The number of nitrogens with one attached hydrogen (secondary N) is 1. The fraction of sp³-hybridized carbons (Fsp3) is 0.167. The van der Waals surface area contributed by atoms with Crippen LogP contribution in [0, 0.1) is 11.6 Å². The predicted molar refractivity (Wildman–Crippen MR) is 84.4 cm³/mol. The maximum atomic E-state index is 13.5. The fourth-order valence-corrected chi connectivity index (χ4v) is 2.05. The summed E-state index contributed by atoms with van der Waals surface area (Å²) in [4.78, 5) is 11.7. The van der Waals surface area contributed by atoms with Gasteiger partial charge in [-0.25, -0.2) is 8.78 Å². The van der Waals surface area contributed by atoms with Crippen molar-refractivity contribution in [3.63, 3.8) is 0 Å². The molecule has 0 aromatic heterocycles. The van der Waals surface area contributed by atoms with Gasteiger partial charge in [0.25, 0.3) is 0 Å². The molecule has 1 amide bonds. The van der Waals surface area contributed by atoms with Gasteiger partial charge in [-0.15, -0.1) is 0 Å². The molecule has 1 atom stereocenters. The Morgan fingerprint density at radius 1 is 1.17 bits per heavy atom. The minimum absolute atomic E-state index is 0.0758. The number of aliphatic hydroxyl groups excluding tert-OH is 1. The molecular weight excluding hydrogens is 300 g/mol. The van der Waals surface area contributed by atoms with Gasteiger partial charge in [-0.2, -0.15) is 0 Å². The van der Waals surface area contributed by atoms with Crippen molar-refractivity contribution >= 4 is 12.0 Å². The minimum Gasteiger partial charge on any atom is -0.386 e. The number of carbonyl (C=O) groups excluding carboxylic acids is 1. The second kappa shape index (κ2) is 8.19. The van der Waals surface area contributed by atoms with E-state index in [0.717, 1.165) is 0 Å². The topological polar surface area (TPSA) is 49.3 Å². The van der Waals surface area contributed by atoms with Crippen LogP contribution in [0.25, 0.3) is 6.08 Å². The van der Waals surface area contributed by atoms with Crippen molar-refractivity contribution in [1.82, 2.24) is 5.32 Å². The molecule has 2 aromatic rings. The van der Waals surface area contributed by atoms with Crippen molar-refractivity contribution in [1.29, 1.82) is 0 Å². The molecular formula is C18H17F2NO2. The number of halogens is 2. The normalized spacial score (nSPS) is 12.3. The van der Waals surface area contributed by atoms with Gasteiger partial charge < -0.3 is 10.4 Å². The van der Waals surface area contributed by atoms with Gasteiger partial charge in [0.1, 0.15) is 11.6 Å². The number of aliphatic hydroxyl groups is 1. The van der Waals surface area contributed by atoms with Gasteiger partial charge in [-0.1, -0.05) is 42.5 Å². The highest BCUT2D eigenvalue weighted by atomic mass is 19.1. The predicted octanol–water partition coefficient (Wildman–Crippen LogP) is 3.22. The number of amides is 1. The smallest absolute Gasteiger partial charge is 0.223 e. The molecule has 3 nitrogen and oxygen atoms in total. The standard InChI is InChI=1S/C18H17F2NO2/c19-14-7-3-5-13(11-14)6-4-10-18(23)21-12-17(22)15-8-1-2-9-16(15)20/h1-9,11,17,22H,10,12H2,(H,21,23)/b6-4+. The summed E-state index contributed by atoms with van der Waals surface area (Å²) in [6.45, 7) is -0.0758. The van der Waals surface area contributed by atoms with Crippen molar-refractivity contribution in [2.75, 3.05) is 6.54 Å². The summed E-state index contributed by atoms with van der Waals surface area (Å²) in [5, 5.41) is 12.4. The molecule has 0 bridgehead atoms. The average molecular weight is 317 g/mol. The highest BCUT2D eigenvalue weighted by Gasteiger charge is 2.12. The van der Waals surface area contributed by atoms with E-state index in [1.165, 1.54) is 30.3 Å². The van der Waals surface area contributed by atoms with Crippen LogP contribution in [-0.4, -0.2) is 17.6 Å². The molecule has 0 saturated carbocycles. The molecule has 0 aliphatic heterocycles. The molecule has 2 N–H and O–H groups in total. The van der Waals surface area contributed by atoms with E-state index in [9.17, 15) is 18.7 Å². The first-order valence-electron chi connectivity index (χ1n) is 7.17. The second-order valence-corrected chi connectivity index (χ2v) is 5.00. The van der Waals surface area contributed by atoms with E-state index >= 15 is 0 Å². The molecule has 2 rings (SSSR count). The second-order valence-electron chi connectivity index (χ2n) is 5.00. The Labute approximate surface area is 133 Å². The highest BCUT2D eigenvalue weighted by Crippen LogP contribution is 2.15. The lowest BCUT2D eigenvalue weighted by Gasteiger charge is -2.12. The lowest BCUT2D eigenvalue weighted by molar-refractivity contribution is -0.120. The number of benzene rings is 2. The zero-order chi connectivity index (χ0) is 16.7. The highest BCUT2D eigenvalue weighted by molar-refractivity contribution is 5.78. The van der Waals surface area contributed by atoms with Gasteiger partial charge in [0.05, 0.1) is 6.10 Å². The van der Waals surface area contributed by atoms with Gasteiger partial charge in [-0.05, 0) is 23.8 Å². The first kappa shape index (κ1) is 16.8. The zero-order valence-corrected chi connectivity index (χ0v) is 12.4. The van der Waals surface area contributed by atoms with Crippen molar-refractivity contribution < 1.29 is 18.7 Å². The van der Waals surface area contributed by atoms with E-state index in [1.807, 2.05) is 0 Å². The van der Waals surface area contributed by atoms with Gasteiger partial charge in [0.2, 0.25) is 5.91 Å². The van der Waals surface area contributed by atoms with Gasteiger partial charge in [0.15, 0.2) is 0 Å². The summed E-state index contributed by atoms with van der Waals surface area (Å²) in [5.41, 5.74) is 0.798. The first-order chi connectivity index (χ1) is 11.1.